The van der Waals surface area contributed by atoms with Gasteiger partial charge in [-0.05, 0) is 49.2 Å². The summed E-state index contributed by atoms with van der Waals surface area (Å²) in [5, 5.41) is 6.92. The summed E-state index contributed by atoms with van der Waals surface area (Å²) in [6, 6.07) is 8.95. The number of pyridine rings is 1. The summed E-state index contributed by atoms with van der Waals surface area (Å²) in [7, 11) is 1.41. The number of anilines is 2. The molecule has 1 N–H and O–H groups in total. The van der Waals surface area contributed by atoms with Crippen LogP contribution in [0.4, 0.5) is 16.0 Å². The molecule has 1 amide bonds. The van der Waals surface area contributed by atoms with Gasteiger partial charge in [0, 0.05) is 18.7 Å². The Kier molecular flexibility index (Phi) is 5.11. The van der Waals surface area contributed by atoms with Crippen molar-refractivity contribution in [2.24, 2.45) is 5.92 Å². The second-order valence-corrected chi connectivity index (χ2v) is 6.89. The fourth-order valence-corrected chi connectivity index (χ4v) is 3.46. The highest BCUT2D eigenvalue weighted by Crippen LogP contribution is 2.24. The highest BCUT2D eigenvalue weighted by atomic mass is 19.1. The topological polar surface area (TPSA) is 88.8 Å². The van der Waals surface area contributed by atoms with E-state index in [4.69, 9.17) is 4.74 Å². The molecular formula is C20H20FN5O3. The van der Waals surface area contributed by atoms with Gasteiger partial charge in [0.15, 0.2) is 5.65 Å². The summed E-state index contributed by atoms with van der Waals surface area (Å²) in [6.07, 6.45) is 3.53. The number of rotatable bonds is 4. The lowest BCUT2D eigenvalue weighted by molar-refractivity contribution is -0.145. The van der Waals surface area contributed by atoms with Gasteiger partial charge in [0.25, 0.3) is 5.91 Å². The summed E-state index contributed by atoms with van der Waals surface area (Å²) >= 11 is 0. The van der Waals surface area contributed by atoms with Crippen LogP contribution < -0.4 is 10.2 Å². The molecule has 1 fully saturated rings. The predicted octanol–water partition coefficient (Wildman–Crippen LogP) is 2.51. The molecule has 150 valence electrons. The number of halogens is 1. The molecule has 1 aromatic carbocycles. The minimum Gasteiger partial charge on any atom is -0.469 e. The fraction of sp³-hybridized carbons (Fsp3) is 0.300. The summed E-state index contributed by atoms with van der Waals surface area (Å²) in [6.45, 7) is 1.42. The van der Waals surface area contributed by atoms with Crippen molar-refractivity contribution in [3.63, 3.8) is 0 Å². The molecule has 9 heteroatoms. The highest BCUT2D eigenvalue weighted by molar-refractivity contribution is 6.03. The maximum Gasteiger partial charge on any atom is 0.310 e. The molecule has 1 atom stereocenters. The van der Waals surface area contributed by atoms with E-state index in [9.17, 15) is 14.0 Å². The van der Waals surface area contributed by atoms with E-state index in [-0.39, 0.29) is 17.8 Å². The number of nitrogens with zero attached hydrogens (tertiary/aromatic N) is 4. The first-order valence-electron chi connectivity index (χ1n) is 9.29. The first-order valence-corrected chi connectivity index (χ1v) is 9.29. The van der Waals surface area contributed by atoms with E-state index in [2.05, 4.69) is 20.3 Å². The average molecular weight is 397 g/mol. The number of piperidine rings is 1. The van der Waals surface area contributed by atoms with Gasteiger partial charge in [-0.2, -0.15) is 4.98 Å². The van der Waals surface area contributed by atoms with Crippen LogP contribution in [0.2, 0.25) is 0 Å². The third kappa shape index (κ3) is 4.03. The lowest BCUT2D eigenvalue weighted by Crippen LogP contribution is -2.39. The van der Waals surface area contributed by atoms with E-state index >= 15 is 0 Å². The standard InChI is InChI=1S/C20H20FN5O3/c1-29-19(28)14-3-2-10-25(11-14)16-8-9-17-22-20(24-26(17)12-16)23-18(27)13-4-6-15(21)7-5-13/h4-9,12,14H,2-3,10-11H2,1H3,(H,23,24,27). The zero-order chi connectivity index (χ0) is 20.4. The first kappa shape index (κ1) is 18.9. The van der Waals surface area contributed by atoms with Gasteiger partial charge < -0.3 is 9.64 Å². The zero-order valence-corrected chi connectivity index (χ0v) is 15.8. The van der Waals surface area contributed by atoms with Gasteiger partial charge in [0.05, 0.1) is 24.9 Å². The number of aromatic nitrogens is 3. The molecule has 0 aliphatic carbocycles. The second-order valence-electron chi connectivity index (χ2n) is 6.89. The lowest BCUT2D eigenvalue weighted by atomic mass is 9.98. The molecule has 1 aliphatic rings. The van der Waals surface area contributed by atoms with Crippen LogP contribution in [0.15, 0.2) is 42.6 Å². The third-order valence-corrected chi connectivity index (χ3v) is 4.97. The molecule has 4 rings (SSSR count). The van der Waals surface area contributed by atoms with Gasteiger partial charge in [-0.3, -0.25) is 14.9 Å². The molecule has 29 heavy (non-hydrogen) atoms. The van der Waals surface area contributed by atoms with Crippen molar-refractivity contribution >= 4 is 29.2 Å². The Morgan fingerprint density at radius 1 is 1.21 bits per heavy atom. The molecule has 0 saturated carbocycles. The summed E-state index contributed by atoms with van der Waals surface area (Å²) in [5.74, 6) is -1.01. The average Bonchev–Trinajstić information content (AvgIpc) is 3.15. The Bertz CT molecular complexity index is 1050. The molecule has 1 aliphatic heterocycles. The van der Waals surface area contributed by atoms with Crippen molar-refractivity contribution < 1.29 is 18.7 Å². The molecular weight excluding hydrogens is 377 g/mol. The van der Waals surface area contributed by atoms with E-state index in [1.807, 2.05) is 12.3 Å². The zero-order valence-electron chi connectivity index (χ0n) is 15.8. The van der Waals surface area contributed by atoms with Crippen LogP contribution in [0.1, 0.15) is 23.2 Å². The summed E-state index contributed by atoms with van der Waals surface area (Å²) in [4.78, 5) is 30.5. The number of esters is 1. The normalized spacial score (nSPS) is 16.6. The highest BCUT2D eigenvalue weighted by Gasteiger charge is 2.27. The van der Waals surface area contributed by atoms with Crippen LogP contribution in [0.25, 0.3) is 5.65 Å². The minimum atomic E-state index is -0.418. The van der Waals surface area contributed by atoms with Gasteiger partial charge >= 0.3 is 5.97 Å². The molecule has 3 aromatic rings. The Morgan fingerprint density at radius 2 is 2.00 bits per heavy atom. The number of amides is 1. The molecule has 0 bridgehead atoms. The number of hydrogen-bond acceptors (Lipinski definition) is 6. The van der Waals surface area contributed by atoms with Crippen molar-refractivity contribution in [3.05, 3.63) is 54.0 Å². The monoisotopic (exact) mass is 397 g/mol. The molecule has 1 unspecified atom stereocenters. The van der Waals surface area contributed by atoms with Crippen LogP contribution in [0, 0.1) is 11.7 Å². The van der Waals surface area contributed by atoms with Crippen molar-refractivity contribution in [2.45, 2.75) is 12.8 Å². The van der Waals surface area contributed by atoms with Crippen LogP contribution in [-0.4, -0.2) is 46.7 Å². The van der Waals surface area contributed by atoms with Crippen LogP contribution >= 0.6 is 0 Å². The summed E-state index contributed by atoms with van der Waals surface area (Å²) < 4.78 is 19.5. The quantitative estimate of drug-likeness (QED) is 0.681. The van der Waals surface area contributed by atoms with Crippen LogP contribution in [0.5, 0.6) is 0 Å². The van der Waals surface area contributed by atoms with Crippen molar-refractivity contribution in [1.29, 1.82) is 0 Å². The number of ether oxygens (including phenoxy) is 1. The Morgan fingerprint density at radius 3 is 2.76 bits per heavy atom. The van der Waals surface area contributed by atoms with E-state index in [0.717, 1.165) is 25.1 Å². The molecule has 1 saturated heterocycles. The van der Waals surface area contributed by atoms with Crippen molar-refractivity contribution in [3.8, 4) is 0 Å². The smallest absolute Gasteiger partial charge is 0.310 e. The molecule has 3 heterocycles. The van der Waals surface area contributed by atoms with E-state index in [1.165, 1.54) is 31.4 Å². The molecule has 0 spiro atoms. The Balaban J connectivity index is 1.51. The largest absolute Gasteiger partial charge is 0.469 e. The third-order valence-electron chi connectivity index (χ3n) is 4.97. The predicted molar refractivity (Wildman–Crippen MR) is 104 cm³/mol. The minimum absolute atomic E-state index is 0.147. The maximum absolute atomic E-state index is 13.0. The van der Waals surface area contributed by atoms with Gasteiger partial charge in [-0.15, -0.1) is 5.10 Å². The van der Waals surface area contributed by atoms with E-state index in [1.54, 1.807) is 10.6 Å². The number of carbonyl (C=O) groups excluding carboxylic acids is 2. The Labute approximate surface area is 166 Å². The van der Waals surface area contributed by atoms with Crippen LogP contribution in [-0.2, 0) is 9.53 Å². The summed E-state index contributed by atoms with van der Waals surface area (Å²) in [5.41, 5.74) is 1.80. The fourth-order valence-electron chi connectivity index (χ4n) is 3.46. The number of benzene rings is 1. The van der Waals surface area contributed by atoms with E-state index < -0.39 is 11.7 Å². The molecule has 2 aromatic heterocycles. The maximum atomic E-state index is 13.0. The lowest BCUT2D eigenvalue weighted by Gasteiger charge is -2.32. The van der Waals surface area contributed by atoms with Crippen molar-refractivity contribution in [2.75, 3.05) is 30.4 Å². The van der Waals surface area contributed by atoms with Crippen molar-refractivity contribution in [1.82, 2.24) is 14.6 Å². The first-order chi connectivity index (χ1) is 14.0. The SMILES string of the molecule is COC(=O)C1CCCN(c2ccc3nc(NC(=O)c4ccc(F)cc4)nn3c2)C1. The number of fused-ring (bicyclic) bond motifs is 1. The molecule has 0 radical (unpaired) electrons. The van der Waals surface area contributed by atoms with Gasteiger partial charge in [-0.1, -0.05) is 0 Å². The number of methoxy groups -OCH3 is 1. The van der Waals surface area contributed by atoms with Gasteiger partial charge in [-0.25, -0.2) is 8.91 Å². The Hall–Kier alpha value is -3.49. The second kappa shape index (κ2) is 7.86. The van der Waals surface area contributed by atoms with Gasteiger partial charge in [0.1, 0.15) is 5.82 Å². The molecule has 8 nitrogen and oxygen atoms in total. The number of carbonyl (C=O) groups is 2. The van der Waals surface area contributed by atoms with E-state index in [0.29, 0.717) is 17.8 Å². The van der Waals surface area contributed by atoms with Gasteiger partial charge in [0.2, 0.25) is 5.95 Å². The number of hydrogen-bond donors (Lipinski definition) is 1. The van der Waals surface area contributed by atoms with Crippen LogP contribution in [0.3, 0.4) is 0 Å². The number of nitrogens with one attached hydrogen (secondary N) is 1.